The number of alkyl halides is 1. The van der Waals surface area contributed by atoms with Crippen molar-refractivity contribution in [3.63, 3.8) is 0 Å². The van der Waals surface area contributed by atoms with Gasteiger partial charge in [0.25, 0.3) is 0 Å². The van der Waals surface area contributed by atoms with Gasteiger partial charge < -0.3 is 24.8 Å². The minimum absolute atomic E-state index is 0.182. The maximum Gasteiger partial charge on any atom is 0.312 e. The molecule has 0 aliphatic carbocycles. The Morgan fingerprint density at radius 1 is 1.29 bits per heavy atom. The minimum atomic E-state index is -1.15. The Labute approximate surface area is 214 Å². The molecule has 2 bridgehead atoms. The first kappa shape index (κ1) is 26.1. The number of nitrogens with zero attached hydrogens (tertiary/aromatic N) is 1. The van der Waals surface area contributed by atoms with Crippen molar-refractivity contribution < 1.29 is 29.0 Å². The Morgan fingerprint density at radius 3 is 2.69 bits per heavy atom. The molecule has 0 aromatic heterocycles. The lowest BCUT2D eigenvalue weighted by molar-refractivity contribution is -0.155. The van der Waals surface area contributed by atoms with Gasteiger partial charge in [-0.15, -0.1) is 0 Å². The number of aliphatic hydroxyl groups excluding tert-OH is 1. The van der Waals surface area contributed by atoms with Gasteiger partial charge in [-0.2, -0.15) is 0 Å². The smallest absolute Gasteiger partial charge is 0.312 e. The Balaban J connectivity index is 1.70. The zero-order chi connectivity index (χ0) is 25.2. The van der Waals surface area contributed by atoms with Gasteiger partial charge in [-0.25, -0.2) is 0 Å². The highest BCUT2D eigenvalue weighted by atomic mass is 79.9. The maximum absolute atomic E-state index is 14.0. The van der Waals surface area contributed by atoms with Gasteiger partial charge in [0.1, 0.15) is 11.6 Å². The molecule has 35 heavy (non-hydrogen) atoms. The van der Waals surface area contributed by atoms with Gasteiger partial charge in [0.15, 0.2) is 0 Å². The fourth-order valence-electron chi connectivity index (χ4n) is 6.09. The SMILES string of the molecule is CCCCCNC(=O)C1N([C@@H](CO)Cc2ccccc2)C(=O)[C@@H]2[C@@H](C(=O)OCC)[C@@H]3OC12CC3Br. The Hall–Kier alpha value is -1.97. The second-order valence-electron chi connectivity index (χ2n) is 9.69. The zero-order valence-electron chi connectivity index (χ0n) is 20.3. The molecule has 3 aliphatic rings. The van der Waals surface area contributed by atoms with Gasteiger partial charge in [0.2, 0.25) is 11.8 Å². The number of rotatable bonds is 11. The van der Waals surface area contributed by atoms with Crippen LogP contribution in [0.3, 0.4) is 0 Å². The van der Waals surface area contributed by atoms with E-state index in [0.717, 1.165) is 24.8 Å². The lowest BCUT2D eigenvalue weighted by atomic mass is 9.70. The first-order valence-corrected chi connectivity index (χ1v) is 13.5. The number of carbonyl (C=O) groups is 3. The number of carbonyl (C=O) groups excluding carboxylic acids is 3. The topological polar surface area (TPSA) is 105 Å². The molecule has 3 fully saturated rings. The number of unbranched alkanes of at least 4 members (excludes halogenated alkanes) is 2. The first-order valence-electron chi connectivity index (χ1n) is 12.6. The van der Waals surface area contributed by atoms with Crippen molar-refractivity contribution in [1.29, 1.82) is 0 Å². The van der Waals surface area contributed by atoms with E-state index in [-0.39, 0.29) is 29.9 Å². The Kier molecular flexibility index (Phi) is 8.18. The van der Waals surface area contributed by atoms with Crippen LogP contribution in [-0.4, -0.2) is 76.2 Å². The van der Waals surface area contributed by atoms with E-state index < -0.39 is 41.6 Å². The summed E-state index contributed by atoms with van der Waals surface area (Å²) in [6, 6.07) is 8.00. The second kappa shape index (κ2) is 11.0. The molecule has 3 unspecified atom stereocenters. The van der Waals surface area contributed by atoms with Gasteiger partial charge >= 0.3 is 5.97 Å². The number of amides is 2. The van der Waals surface area contributed by atoms with E-state index in [4.69, 9.17) is 9.47 Å². The van der Waals surface area contributed by atoms with Gasteiger partial charge in [-0.3, -0.25) is 14.4 Å². The highest BCUT2D eigenvalue weighted by molar-refractivity contribution is 9.09. The lowest BCUT2D eigenvalue weighted by Crippen LogP contribution is -2.58. The molecular weight excluding hydrogens is 516 g/mol. The summed E-state index contributed by atoms with van der Waals surface area (Å²) in [5, 5.41) is 13.4. The van der Waals surface area contributed by atoms with Gasteiger partial charge in [0.05, 0.1) is 37.2 Å². The molecule has 4 rings (SSSR count). The number of halogens is 1. The zero-order valence-corrected chi connectivity index (χ0v) is 21.9. The van der Waals surface area contributed by atoms with Crippen molar-refractivity contribution in [3.05, 3.63) is 35.9 Å². The molecule has 2 amide bonds. The van der Waals surface area contributed by atoms with Crippen LogP contribution in [0.5, 0.6) is 0 Å². The minimum Gasteiger partial charge on any atom is -0.466 e. The third-order valence-corrected chi connectivity index (χ3v) is 8.38. The van der Waals surface area contributed by atoms with E-state index in [0.29, 0.717) is 19.4 Å². The highest BCUT2D eigenvalue weighted by Gasteiger charge is 2.77. The number of esters is 1. The number of ether oxygens (including phenoxy) is 2. The molecule has 0 saturated carbocycles. The second-order valence-corrected chi connectivity index (χ2v) is 10.9. The summed E-state index contributed by atoms with van der Waals surface area (Å²) in [6.45, 7) is 4.20. The highest BCUT2D eigenvalue weighted by Crippen LogP contribution is 2.60. The average Bonchev–Trinajstić information content (AvgIpc) is 3.44. The number of aliphatic hydroxyl groups is 1. The van der Waals surface area contributed by atoms with Crippen LogP contribution in [-0.2, 0) is 30.3 Å². The molecule has 1 aromatic carbocycles. The third kappa shape index (κ3) is 4.62. The van der Waals surface area contributed by atoms with Crippen LogP contribution in [0, 0.1) is 11.8 Å². The molecule has 1 aromatic rings. The summed E-state index contributed by atoms with van der Waals surface area (Å²) >= 11 is 3.64. The normalized spacial score (nSPS) is 31.9. The summed E-state index contributed by atoms with van der Waals surface area (Å²) in [6.07, 6.45) is 3.12. The fourth-order valence-corrected chi connectivity index (χ4v) is 7.03. The molecule has 2 N–H and O–H groups in total. The lowest BCUT2D eigenvalue weighted by Gasteiger charge is -2.37. The summed E-state index contributed by atoms with van der Waals surface area (Å²) in [5.41, 5.74) is -0.201. The Bertz CT molecular complexity index is 930. The maximum atomic E-state index is 14.0. The van der Waals surface area contributed by atoms with E-state index >= 15 is 0 Å². The molecule has 9 heteroatoms. The van der Waals surface area contributed by atoms with Crippen LogP contribution in [0.4, 0.5) is 0 Å². The summed E-state index contributed by atoms with van der Waals surface area (Å²) in [7, 11) is 0. The van der Waals surface area contributed by atoms with Crippen molar-refractivity contribution in [2.45, 2.75) is 74.6 Å². The Morgan fingerprint density at radius 2 is 2.03 bits per heavy atom. The van der Waals surface area contributed by atoms with E-state index in [2.05, 4.69) is 28.2 Å². The van der Waals surface area contributed by atoms with Crippen LogP contribution in [0.1, 0.15) is 45.1 Å². The van der Waals surface area contributed by atoms with Crippen molar-refractivity contribution in [3.8, 4) is 0 Å². The molecule has 1 spiro atoms. The summed E-state index contributed by atoms with van der Waals surface area (Å²) in [4.78, 5) is 42.0. The molecular formula is C26H35BrN2O6. The number of fused-ring (bicyclic) bond motifs is 1. The standard InChI is InChI=1S/C26H35BrN2O6/c1-3-5-9-12-28-23(31)22-26-14-18(27)21(35-26)19(25(33)34-4-2)20(26)24(32)29(22)17(15-30)13-16-10-7-6-8-11-16/h6-8,10-11,17-22,30H,3-5,9,12-15H2,1-2H3,(H,28,31)/t17-,18?,19-,20+,21-,22?,26?/m1/s1. The molecule has 0 radical (unpaired) electrons. The van der Waals surface area contributed by atoms with Gasteiger partial charge in [-0.05, 0) is 31.7 Å². The first-order chi connectivity index (χ1) is 16.9. The largest absolute Gasteiger partial charge is 0.466 e. The number of hydrogen-bond acceptors (Lipinski definition) is 6. The van der Waals surface area contributed by atoms with Crippen molar-refractivity contribution in [1.82, 2.24) is 10.2 Å². The van der Waals surface area contributed by atoms with E-state index in [1.807, 2.05) is 30.3 Å². The predicted molar refractivity (Wildman–Crippen MR) is 133 cm³/mol. The van der Waals surface area contributed by atoms with E-state index in [1.165, 1.54) is 4.90 Å². The van der Waals surface area contributed by atoms with Gasteiger partial charge in [-0.1, -0.05) is 66.0 Å². The number of benzene rings is 1. The van der Waals surface area contributed by atoms with Crippen molar-refractivity contribution in [2.24, 2.45) is 11.8 Å². The summed E-state index contributed by atoms with van der Waals surface area (Å²) < 4.78 is 11.8. The molecule has 7 atom stereocenters. The van der Waals surface area contributed by atoms with Crippen LogP contribution in [0.15, 0.2) is 30.3 Å². The van der Waals surface area contributed by atoms with Crippen molar-refractivity contribution in [2.75, 3.05) is 19.8 Å². The predicted octanol–water partition coefficient (Wildman–Crippen LogP) is 2.21. The monoisotopic (exact) mass is 550 g/mol. The summed E-state index contributed by atoms with van der Waals surface area (Å²) in [5.74, 6) is -2.72. The van der Waals surface area contributed by atoms with Gasteiger partial charge in [0, 0.05) is 11.4 Å². The van der Waals surface area contributed by atoms with Crippen molar-refractivity contribution >= 4 is 33.7 Å². The quantitative estimate of drug-likeness (QED) is 0.248. The number of hydrogen-bond donors (Lipinski definition) is 2. The van der Waals surface area contributed by atoms with Crippen LogP contribution in [0.25, 0.3) is 0 Å². The number of nitrogens with one attached hydrogen (secondary N) is 1. The van der Waals surface area contributed by atoms with Crippen LogP contribution in [0.2, 0.25) is 0 Å². The van der Waals surface area contributed by atoms with Crippen LogP contribution >= 0.6 is 15.9 Å². The van der Waals surface area contributed by atoms with E-state index in [1.54, 1.807) is 6.92 Å². The van der Waals surface area contributed by atoms with E-state index in [9.17, 15) is 19.5 Å². The molecule has 8 nitrogen and oxygen atoms in total. The molecule has 3 aliphatic heterocycles. The third-order valence-electron chi connectivity index (χ3n) is 7.53. The average molecular weight is 551 g/mol. The molecule has 3 saturated heterocycles. The fraction of sp³-hybridized carbons (Fsp3) is 0.654. The van der Waals surface area contributed by atoms with Crippen LogP contribution < -0.4 is 5.32 Å². The molecule has 3 heterocycles. The molecule has 192 valence electrons. The number of likely N-dealkylation sites (tertiary alicyclic amines) is 1.